The van der Waals surface area contributed by atoms with E-state index in [4.69, 9.17) is 0 Å². The lowest BCUT2D eigenvalue weighted by atomic mass is 9.98. The number of pyridine rings is 1. The van der Waals surface area contributed by atoms with Gasteiger partial charge in [-0.3, -0.25) is 4.98 Å². The maximum Gasteiger partial charge on any atom is 0.136 e. The number of hydrogen-bond donors (Lipinski definition) is 1. The van der Waals surface area contributed by atoms with Crippen LogP contribution >= 0.6 is 0 Å². The molecule has 28 heavy (non-hydrogen) atoms. The molecule has 0 saturated carbocycles. The third-order valence-corrected chi connectivity index (χ3v) is 4.88. The average Bonchev–Trinajstić information content (AvgIpc) is 2.68. The van der Waals surface area contributed by atoms with Gasteiger partial charge < -0.3 is 10.2 Å². The number of aromatic nitrogens is 3. The Hall–Kier alpha value is -2.95. The number of benzene rings is 1. The van der Waals surface area contributed by atoms with Crippen LogP contribution in [-0.2, 0) is 6.42 Å². The molecule has 0 amide bonds. The van der Waals surface area contributed by atoms with Crippen molar-refractivity contribution < 1.29 is 0 Å². The number of nitrogens with zero attached hydrogens (tertiary/aromatic N) is 4. The average molecular weight is 376 g/mol. The van der Waals surface area contributed by atoms with Gasteiger partial charge in [0.1, 0.15) is 17.5 Å². The molecule has 0 fully saturated rings. The highest BCUT2D eigenvalue weighted by Gasteiger charge is 2.12. The Kier molecular flexibility index (Phi) is 6.24. The molecule has 5 nitrogen and oxygen atoms in total. The first-order chi connectivity index (χ1) is 13.4. The van der Waals surface area contributed by atoms with Crippen LogP contribution in [-0.4, -0.2) is 28.5 Å². The Morgan fingerprint density at radius 2 is 1.79 bits per heavy atom. The molecule has 0 saturated heterocycles. The summed E-state index contributed by atoms with van der Waals surface area (Å²) in [6.45, 7) is 9.37. The predicted molar refractivity (Wildman–Crippen MR) is 117 cm³/mol. The van der Waals surface area contributed by atoms with Crippen molar-refractivity contribution in [1.82, 2.24) is 15.0 Å². The SMILES string of the molecule is Cc1nc(Nc2c(C)cccc2C(C)C)cc(N(C)CCc2ccncc2)n1. The van der Waals surface area contributed by atoms with E-state index in [1.165, 1.54) is 16.7 Å². The molecular formula is C23H29N5. The number of nitrogens with one attached hydrogen (secondary N) is 1. The summed E-state index contributed by atoms with van der Waals surface area (Å²) in [5.74, 6) is 2.95. The molecule has 0 spiro atoms. The van der Waals surface area contributed by atoms with Gasteiger partial charge in [-0.05, 0) is 55.0 Å². The normalized spacial score (nSPS) is 10.9. The first kappa shape index (κ1) is 19.8. The molecule has 3 rings (SSSR count). The molecule has 2 heterocycles. The molecule has 5 heteroatoms. The van der Waals surface area contributed by atoms with Crippen LogP contribution in [0.1, 0.15) is 42.3 Å². The Bertz CT molecular complexity index is 922. The zero-order valence-corrected chi connectivity index (χ0v) is 17.4. The van der Waals surface area contributed by atoms with Crippen LogP contribution in [0.4, 0.5) is 17.3 Å². The van der Waals surface area contributed by atoms with Gasteiger partial charge in [0.25, 0.3) is 0 Å². The van der Waals surface area contributed by atoms with Crippen molar-refractivity contribution in [2.75, 3.05) is 23.8 Å². The molecule has 1 aromatic carbocycles. The van der Waals surface area contributed by atoms with E-state index in [-0.39, 0.29) is 0 Å². The maximum absolute atomic E-state index is 4.63. The lowest BCUT2D eigenvalue weighted by molar-refractivity contribution is 0.847. The van der Waals surface area contributed by atoms with Crippen LogP contribution < -0.4 is 10.2 Å². The fourth-order valence-corrected chi connectivity index (χ4v) is 3.24. The molecule has 0 aliphatic rings. The number of hydrogen-bond acceptors (Lipinski definition) is 5. The Labute approximate surface area is 167 Å². The van der Waals surface area contributed by atoms with Gasteiger partial charge in [0.15, 0.2) is 0 Å². The first-order valence-corrected chi connectivity index (χ1v) is 9.76. The van der Waals surface area contributed by atoms with Crippen LogP contribution in [0.5, 0.6) is 0 Å². The molecule has 3 aromatic rings. The highest BCUT2D eigenvalue weighted by Crippen LogP contribution is 2.30. The maximum atomic E-state index is 4.63. The summed E-state index contributed by atoms with van der Waals surface area (Å²) in [7, 11) is 2.07. The summed E-state index contributed by atoms with van der Waals surface area (Å²) in [6, 6.07) is 12.5. The van der Waals surface area contributed by atoms with Crippen molar-refractivity contribution in [1.29, 1.82) is 0 Å². The quantitative estimate of drug-likeness (QED) is 0.627. The fourth-order valence-electron chi connectivity index (χ4n) is 3.24. The van der Waals surface area contributed by atoms with Gasteiger partial charge in [-0.1, -0.05) is 32.0 Å². The summed E-state index contributed by atoms with van der Waals surface area (Å²) in [5, 5.41) is 3.55. The smallest absolute Gasteiger partial charge is 0.136 e. The van der Waals surface area contributed by atoms with Crippen molar-refractivity contribution in [3.8, 4) is 0 Å². The van der Waals surface area contributed by atoms with Crippen LogP contribution in [0.2, 0.25) is 0 Å². The van der Waals surface area contributed by atoms with Crippen molar-refractivity contribution in [2.24, 2.45) is 0 Å². The van der Waals surface area contributed by atoms with Gasteiger partial charge in [0.2, 0.25) is 0 Å². The molecule has 1 N–H and O–H groups in total. The van der Waals surface area contributed by atoms with Crippen LogP contribution in [0.3, 0.4) is 0 Å². The number of rotatable bonds is 7. The Balaban J connectivity index is 1.80. The summed E-state index contributed by atoms with van der Waals surface area (Å²) < 4.78 is 0. The second-order valence-corrected chi connectivity index (χ2v) is 7.50. The summed E-state index contributed by atoms with van der Waals surface area (Å²) in [6.07, 6.45) is 4.61. The minimum Gasteiger partial charge on any atom is -0.359 e. The van der Waals surface area contributed by atoms with E-state index in [2.05, 4.69) is 83.3 Å². The third kappa shape index (κ3) is 4.85. The van der Waals surface area contributed by atoms with E-state index in [1.54, 1.807) is 0 Å². The van der Waals surface area contributed by atoms with Gasteiger partial charge >= 0.3 is 0 Å². The van der Waals surface area contributed by atoms with Crippen LogP contribution in [0.15, 0.2) is 48.8 Å². The predicted octanol–water partition coefficient (Wildman–Crippen LogP) is 5.03. The van der Waals surface area contributed by atoms with Crippen molar-refractivity contribution in [3.63, 3.8) is 0 Å². The highest BCUT2D eigenvalue weighted by atomic mass is 15.2. The zero-order chi connectivity index (χ0) is 20.1. The largest absolute Gasteiger partial charge is 0.359 e. The zero-order valence-electron chi connectivity index (χ0n) is 17.4. The van der Waals surface area contributed by atoms with Crippen molar-refractivity contribution >= 4 is 17.3 Å². The minimum absolute atomic E-state index is 0.438. The van der Waals surface area contributed by atoms with Gasteiger partial charge in [0, 0.05) is 37.7 Å². The van der Waals surface area contributed by atoms with Crippen molar-refractivity contribution in [2.45, 2.75) is 40.0 Å². The van der Waals surface area contributed by atoms with E-state index >= 15 is 0 Å². The second kappa shape index (κ2) is 8.83. The van der Waals surface area contributed by atoms with E-state index in [0.717, 1.165) is 36.1 Å². The highest BCUT2D eigenvalue weighted by molar-refractivity contribution is 5.67. The van der Waals surface area contributed by atoms with E-state index in [0.29, 0.717) is 5.92 Å². The van der Waals surface area contributed by atoms with E-state index in [9.17, 15) is 0 Å². The topological polar surface area (TPSA) is 53.9 Å². The standard InChI is InChI=1S/C23H29N5/c1-16(2)20-8-6-7-17(3)23(20)27-21-15-22(26-18(4)25-21)28(5)14-11-19-9-12-24-13-10-19/h6-10,12-13,15-16H,11,14H2,1-5H3,(H,25,26,27). The second-order valence-electron chi connectivity index (χ2n) is 7.50. The molecule has 0 aliphatic heterocycles. The number of aryl methyl sites for hydroxylation is 2. The number of para-hydroxylation sites is 1. The summed E-state index contributed by atoms with van der Waals surface area (Å²) in [4.78, 5) is 15.5. The van der Waals surface area contributed by atoms with Crippen LogP contribution in [0, 0.1) is 13.8 Å². The van der Waals surface area contributed by atoms with Gasteiger partial charge in [-0.2, -0.15) is 0 Å². The molecule has 0 radical (unpaired) electrons. The number of likely N-dealkylation sites (N-methyl/N-ethyl adjacent to an activating group) is 1. The molecule has 146 valence electrons. The van der Waals surface area contributed by atoms with Gasteiger partial charge in [0.05, 0.1) is 0 Å². The lowest BCUT2D eigenvalue weighted by Gasteiger charge is -2.21. The molecular weight excluding hydrogens is 346 g/mol. The molecule has 0 unspecified atom stereocenters. The first-order valence-electron chi connectivity index (χ1n) is 9.76. The number of anilines is 3. The minimum atomic E-state index is 0.438. The summed E-state index contributed by atoms with van der Waals surface area (Å²) in [5.41, 5.74) is 4.92. The monoisotopic (exact) mass is 375 g/mol. The van der Waals surface area contributed by atoms with Gasteiger partial charge in [-0.25, -0.2) is 9.97 Å². The molecule has 0 bridgehead atoms. The molecule has 0 aliphatic carbocycles. The fraction of sp³-hybridized carbons (Fsp3) is 0.348. The van der Waals surface area contributed by atoms with E-state index < -0.39 is 0 Å². The molecule has 0 atom stereocenters. The van der Waals surface area contributed by atoms with E-state index in [1.807, 2.05) is 25.4 Å². The Morgan fingerprint density at radius 1 is 1.04 bits per heavy atom. The molecule has 2 aromatic heterocycles. The van der Waals surface area contributed by atoms with Crippen LogP contribution in [0.25, 0.3) is 0 Å². The lowest BCUT2D eigenvalue weighted by Crippen LogP contribution is -2.22. The summed E-state index contributed by atoms with van der Waals surface area (Å²) >= 11 is 0. The van der Waals surface area contributed by atoms with Gasteiger partial charge in [-0.15, -0.1) is 0 Å². The third-order valence-electron chi connectivity index (χ3n) is 4.88. The van der Waals surface area contributed by atoms with Crippen molar-refractivity contribution in [3.05, 3.63) is 71.3 Å². The Morgan fingerprint density at radius 3 is 2.50 bits per heavy atom.